The number of anilines is 1. The molecule has 27 heavy (non-hydrogen) atoms. The van der Waals surface area contributed by atoms with Crippen LogP contribution in [0.25, 0.3) is 0 Å². The van der Waals surface area contributed by atoms with Crippen molar-refractivity contribution >= 4 is 11.6 Å². The number of hydrogen-bond acceptors (Lipinski definition) is 4. The first-order chi connectivity index (χ1) is 13.2. The van der Waals surface area contributed by atoms with Gasteiger partial charge in [0, 0.05) is 12.5 Å². The zero-order valence-corrected chi connectivity index (χ0v) is 15.2. The van der Waals surface area contributed by atoms with Gasteiger partial charge in [-0.15, -0.1) is 0 Å². The van der Waals surface area contributed by atoms with E-state index in [1.54, 1.807) is 18.3 Å². The molecule has 1 N–H and O–H groups in total. The highest BCUT2D eigenvalue weighted by Crippen LogP contribution is 2.20. The second-order valence-electron chi connectivity index (χ2n) is 6.11. The summed E-state index contributed by atoms with van der Waals surface area (Å²) in [5.41, 5.74) is 1.81. The molecule has 0 aliphatic carbocycles. The number of ether oxygens (including phenoxy) is 2. The van der Waals surface area contributed by atoms with Gasteiger partial charge >= 0.3 is 0 Å². The van der Waals surface area contributed by atoms with Gasteiger partial charge in [0.2, 0.25) is 11.8 Å². The molecule has 1 amide bonds. The summed E-state index contributed by atoms with van der Waals surface area (Å²) in [6.07, 6.45) is 2.61. The summed E-state index contributed by atoms with van der Waals surface area (Å²) in [5.74, 6) is 1.95. The van der Waals surface area contributed by atoms with Crippen molar-refractivity contribution in [3.63, 3.8) is 0 Å². The highest BCUT2D eigenvalue weighted by molar-refractivity contribution is 5.90. The molecule has 0 saturated heterocycles. The summed E-state index contributed by atoms with van der Waals surface area (Å²) in [6, 6.07) is 20.8. The summed E-state index contributed by atoms with van der Waals surface area (Å²) in [5, 5.41) is 2.83. The van der Waals surface area contributed by atoms with Crippen LogP contribution in [0, 0.1) is 6.92 Å². The lowest BCUT2D eigenvalue weighted by Gasteiger charge is -2.08. The minimum atomic E-state index is -0.0688. The number of aromatic nitrogens is 1. The van der Waals surface area contributed by atoms with Crippen LogP contribution >= 0.6 is 0 Å². The molecule has 0 fully saturated rings. The zero-order valence-electron chi connectivity index (χ0n) is 15.2. The molecule has 1 aromatic heterocycles. The number of hydrogen-bond donors (Lipinski definition) is 1. The minimum absolute atomic E-state index is 0.0688. The highest BCUT2D eigenvalue weighted by Gasteiger charge is 2.04. The largest absolute Gasteiger partial charge is 0.494 e. The summed E-state index contributed by atoms with van der Waals surface area (Å²) >= 11 is 0. The Kier molecular flexibility index (Phi) is 6.41. The first-order valence-corrected chi connectivity index (χ1v) is 8.87. The zero-order chi connectivity index (χ0) is 18.9. The number of pyridine rings is 1. The monoisotopic (exact) mass is 362 g/mol. The van der Waals surface area contributed by atoms with Gasteiger partial charge in [-0.25, -0.2) is 4.98 Å². The molecule has 0 aliphatic heterocycles. The third-order valence-corrected chi connectivity index (χ3v) is 3.82. The van der Waals surface area contributed by atoms with Gasteiger partial charge < -0.3 is 14.8 Å². The van der Waals surface area contributed by atoms with Crippen molar-refractivity contribution in [2.24, 2.45) is 0 Å². The molecule has 3 rings (SSSR count). The van der Waals surface area contributed by atoms with E-state index in [9.17, 15) is 4.79 Å². The minimum Gasteiger partial charge on any atom is -0.494 e. The fourth-order valence-corrected chi connectivity index (χ4v) is 2.40. The van der Waals surface area contributed by atoms with E-state index in [2.05, 4.69) is 10.3 Å². The predicted octanol–water partition coefficient (Wildman–Crippen LogP) is 4.98. The maximum absolute atomic E-state index is 12.0. The maximum Gasteiger partial charge on any atom is 0.224 e. The Hall–Kier alpha value is -3.34. The number of nitrogens with zero attached hydrogens (tertiary/aromatic N) is 1. The number of para-hydroxylation sites is 1. The number of aryl methyl sites for hydroxylation is 1. The number of benzene rings is 2. The molecule has 0 atom stereocenters. The molecular formula is C22H22N2O3. The summed E-state index contributed by atoms with van der Waals surface area (Å²) in [6.45, 7) is 2.52. The van der Waals surface area contributed by atoms with E-state index in [1.807, 2.05) is 61.5 Å². The molecule has 0 spiro atoms. The fraction of sp³-hybridized carbons (Fsp3) is 0.182. The summed E-state index contributed by atoms with van der Waals surface area (Å²) in [4.78, 5) is 16.2. The van der Waals surface area contributed by atoms with Crippen molar-refractivity contribution in [3.05, 3.63) is 78.5 Å². The average molecular weight is 362 g/mol. The number of nitrogens with one attached hydrogen (secondary N) is 1. The van der Waals surface area contributed by atoms with E-state index in [4.69, 9.17) is 9.47 Å². The van der Waals surface area contributed by atoms with E-state index in [0.717, 1.165) is 11.5 Å². The van der Waals surface area contributed by atoms with Crippen LogP contribution < -0.4 is 14.8 Å². The van der Waals surface area contributed by atoms with E-state index in [0.29, 0.717) is 31.0 Å². The SMILES string of the molecule is Cc1ccc(Oc2ccc(NC(=O)CCCOc3ccccc3)cn2)cc1. The molecule has 5 heteroatoms. The Morgan fingerprint density at radius 1 is 0.963 bits per heavy atom. The molecule has 3 aromatic rings. The Morgan fingerprint density at radius 3 is 2.44 bits per heavy atom. The normalized spacial score (nSPS) is 10.3. The Balaban J connectivity index is 1.41. The van der Waals surface area contributed by atoms with Crippen LogP contribution in [0.2, 0.25) is 0 Å². The number of rotatable bonds is 8. The lowest BCUT2D eigenvalue weighted by atomic mass is 10.2. The quantitative estimate of drug-likeness (QED) is 0.574. The summed E-state index contributed by atoms with van der Waals surface area (Å²) in [7, 11) is 0. The van der Waals surface area contributed by atoms with Crippen LogP contribution in [0.1, 0.15) is 18.4 Å². The topological polar surface area (TPSA) is 60.5 Å². The van der Waals surface area contributed by atoms with Gasteiger partial charge in [-0.1, -0.05) is 35.9 Å². The lowest BCUT2D eigenvalue weighted by molar-refractivity contribution is -0.116. The molecule has 0 unspecified atom stereocenters. The lowest BCUT2D eigenvalue weighted by Crippen LogP contribution is -2.13. The second kappa shape index (κ2) is 9.38. The Bertz CT molecular complexity index is 847. The van der Waals surface area contributed by atoms with Crippen LogP contribution in [-0.4, -0.2) is 17.5 Å². The molecule has 5 nitrogen and oxygen atoms in total. The van der Waals surface area contributed by atoms with E-state index in [1.165, 1.54) is 5.56 Å². The third kappa shape index (κ3) is 6.15. The third-order valence-electron chi connectivity index (χ3n) is 3.82. The molecule has 0 bridgehead atoms. The van der Waals surface area contributed by atoms with Crippen molar-refractivity contribution < 1.29 is 14.3 Å². The van der Waals surface area contributed by atoms with Gasteiger partial charge in [0.25, 0.3) is 0 Å². The van der Waals surface area contributed by atoms with E-state index < -0.39 is 0 Å². The Labute approximate surface area is 159 Å². The van der Waals surface area contributed by atoms with E-state index in [-0.39, 0.29) is 5.91 Å². The fourth-order valence-electron chi connectivity index (χ4n) is 2.40. The molecule has 138 valence electrons. The smallest absolute Gasteiger partial charge is 0.224 e. The highest BCUT2D eigenvalue weighted by atomic mass is 16.5. The van der Waals surface area contributed by atoms with Crippen molar-refractivity contribution in [1.29, 1.82) is 0 Å². The predicted molar refractivity (Wildman–Crippen MR) is 105 cm³/mol. The standard InChI is InChI=1S/C22H22N2O3/c1-17-9-12-20(13-10-17)27-22-14-11-18(16-23-22)24-21(25)8-5-15-26-19-6-3-2-4-7-19/h2-4,6-7,9-14,16H,5,8,15H2,1H3,(H,24,25). The molecule has 0 radical (unpaired) electrons. The van der Waals surface area contributed by atoms with Gasteiger partial charge in [0.05, 0.1) is 18.5 Å². The first-order valence-electron chi connectivity index (χ1n) is 8.87. The van der Waals surface area contributed by atoms with Crippen LogP contribution in [0.4, 0.5) is 5.69 Å². The van der Waals surface area contributed by atoms with Crippen molar-refractivity contribution in [2.75, 3.05) is 11.9 Å². The van der Waals surface area contributed by atoms with Crippen LogP contribution in [0.3, 0.4) is 0 Å². The number of amides is 1. The van der Waals surface area contributed by atoms with Gasteiger partial charge in [-0.05, 0) is 43.7 Å². The van der Waals surface area contributed by atoms with Gasteiger partial charge in [0.15, 0.2) is 0 Å². The molecular weight excluding hydrogens is 340 g/mol. The first kappa shape index (κ1) is 18.5. The van der Waals surface area contributed by atoms with Crippen LogP contribution in [-0.2, 0) is 4.79 Å². The van der Waals surface area contributed by atoms with Crippen molar-refractivity contribution in [2.45, 2.75) is 19.8 Å². The number of carbonyl (C=O) groups excluding carboxylic acids is 1. The second-order valence-corrected chi connectivity index (χ2v) is 6.11. The van der Waals surface area contributed by atoms with Crippen LogP contribution in [0.5, 0.6) is 17.4 Å². The number of carbonyl (C=O) groups is 1. The van der Waals surface area contributed by atoms with Gasteiger partial charge in [-0.2, -0.15) is 0 Å². The van der Waals surface area contributed by atoms with Crippen molar-refractivity contribution in [3.8, 4) is 17.4 Å². The Morgan fingerprint density at radius 2 is 1.74 bits per heavy atom. The molecule has 1 heterocycles. The van der Waals surface area contributed by atoms with Gasteiger partial charge in [0.1, 0.15) is 11.5 Å². The summed E-state index contributed by atoms with van der Waals surface area (Å²) < 4.78 is 11.3. The van der Waals surface area contributed by atoms with Crippen molar-refractivity contribution in [1.82, 2.24) is 4.98 Å². The molecule has 0 aliphatic rings. The molecule has 0 saturated carbocycles. The average Bonchev–Trinajstić information content (AvgIpc) is 2.69. The van der Waals surface area contributed by atoms with Gasteiger partial charge in [-0.3, -0.25) is 4.79 Å². The van der Waals surface area contributed by atoms with Crippen LogP contribution in [0.15, 0.2) is 72.9 Å². The van der Waals surface area contributed by atoms with E-state index >= 15 is 0 Å². The molecule has 2 aromatic carbocycles. The maximum atomic E-state index is 12.0.